The molecule has 0 radical (unpaired) electrons. The van der Waals surface area contributed by atoms with E-state index >= 15 is 0 Å². The Morgan fingerprint density at radius 2 is 2.17 bits per heavy atom. The number of nitrogens with one attached hydrogen (secondary N) is 1. The second-order valence-corrected chi connectivity index (χ2v) is 4.40. The van der Waals surface area contributed by atoms with E-state index in [4.69, 9.17) is 16.9 Å². The lowest BCUT2D eigenvalue weighted by atomic mass is 10.2. The molecule has 2 rings (SSSR count). The van der Waals surface area contributed by atoms with Gasteiger partial charge in [0.25, 0.3) is 0 Å². The van der Waals surface area contributed by atoms with Crippen molar-refractivity contribution in [2.75, 3.05) is 5.32 Å². The summed E-state index contributed by atoms with van der Waals surface area (Å²) in [5, 5.41) is 12.0. The highest BCUT2D eigenvalue weighted by Crippen LogP contribution is 2.29. The highest BCUT2D eigenvalue weighted by Gasteiger charge is 2.09. The molecule has 0 amide bonds. The molecule has 90 valence electrons. The van der Waals surface area contributed by atoms with Gasteiger partial charge in [-0.2, -0.15) is 5.26 Å². The molecule has 1 aromatic carbocycles. The van der Waals surface area contributed by atoms with Gasteiger partial charge in [-0.05, 0) is 34.1 Å². The third kappa shape index (κ3) is 2.58. The van der Waals surface area contributed by atoms with Crippen molar-refractivity contribution in [3.05, 3.63) is 45.5 Å². The number of nitriles is 1. The summed E-state index contributed by atoms with van der Waals surface area (Å²) >= 11 is 9.04. The highest BCUT2D eigenvalue weighted by molar-refractivity contribution is 9.10. The van der Waals surface area contributed by atoms with Crippen LogP contribution in [0.2, 0.25) is 5.15 Å². The van der Waals surface area contributed by atoms with E-state index < -0.39 is 5.82 Å². The Morgan fingerprint density at radius 3 is 2.89 bits per heavy atom. The van der Waals surface area contributed by atoms with Gasteiger partial charge < -0.3 is 5.32 Å². The minimum atomic E-state index is -0.475. The van der Waals surface area contributed by atoms with Crippen molar-refractivity contribution >= 4 is 39.0 Å². The first-order chi connectivity index (χ1) is 8.61. The van der Waals surface area contributed by atoms with Crippen LogP contribution in [0, 0.1) is 17.1 Å². The van der Waals surface area contributed by atoms with Crippen LogP contribution < -0.4 is 5.32 Å². The molecule has 1 heterocycles. The average Bonchev–Trinajstić information content (AvgIpc) is 2.37. The van der Waals surface area contributed by atoms with E-state index in [1.165, 1.54) is 18.5 Å². The van der Waals surface area contributed by atoms with Crippen molar-refractivity contribution in [3.63, 3.8) is 0 Å². The molecule has 7 heteroatoms. The number of halogens is 3. The van der Waals surface area contributed by atoms with Crippen LogP contribution in [-0.2, 0) is 0 Å². The molecule has 18 heavy (non-hydrogen) atoms. The SMILES string of the molecule is N#Cc1cc(F)ccc1Nc1ncnc(Cl)c1Br. The lowest BCUT2D eigenvalue weighted by Gasteiger charge is -2.09. The number of anilines is 2. The van der Waals surface area contributed by atoms with Crippen LogP contribution in [0.4, 0.5) is 15.9 Å². The molecular weight excluding hydrogens is 323 g/mol. The Hall–Kier alpha value is -1.71. The number of hydrogen-bond acceptors (Lipinski definition) is 4. The van der Waals surface area contributed by atoms with Crippen molar-refractivity contribution in [1.29, 1.82) is 5.26 Å². The second kappa shape index (κ2) is 5.29. The fourth-order valence-electron chi connectivity index (χ4n) is 1.28. The number of nitrogens with zero attached hydrogens (tertiary/aromatic N) is 3. The van der Waals surface area contributed by atoms with Gasteiger partial charge in [-0.1, -0.05) is 11.6 Å². The Morgan fingerprint density at radius 1 is 1.39 bits per heavy atom. The van der Waals surface area contributed by atoms with Crippen molar-refractivity contribution in [2.45, 2.75) is 0 Å². The van der Waals surface area contributed by atoms with Crippen LogP contribution in [0.1, 0.15) is 5.56 Å². The van der Waals surface area contributed by atoms with Crippen LogP contribution in [0.3, 0.4) is 0 Å². The van der Waals surface area contributed by atoms with Gasteiger partial charge in [0.05, 0.1) is 15.7 Å². The monoisotopic (exact) mass is 326 g/mol. The zero-order chi connectivity index (χ0) is 13.1. The first kappa shape index (κ1) is 12.7. The molecule has 1 N–H and O–H groups in total. The first-order valence-electron chi connectivity index (χ1n) is 4.74. The summed E-state index contributed by atoms with van der Waals surface area (Å²) in [4.78, 5) is 7.76. The largest absolute Gasteiger partial charge is 0.338 e. The molecule has 0 atom stereocenters. The van der Waals surface area contributed by atoms with E-state index in [2.05, 4.69) is 31.2 Å². The van der Waals surface area contributed by atoms with Gasteiger partial charge in [-0.25, -0.2) is 14.4 Å². The van der Waals surface area contributed by atoms with Crippen LogP contribution in [0.25, 0.3) is 0 Å². The molecule has 0 saturated heterocycles. The summed E-state index contributed by atoms with van der Waals surface area (Å²) in [7, 11) is 0. The lowest BCUT2D eigenvalue weighted by molar-refractivity contribution is 0.627. The van der Waals surface area contributed by atoms with E-state index in [1.54, 1.807) is 0 Å². The summed E-state index contributed by atoms with van der Waals surface area (Å²) in [6.45, 7) is 0. The third-order valence-corrected chi connectivity index (χ3v) is 3.37. The van der Waals surface area contributed by atoms with Crippen LogP contribution in [0.15, 0.2) is 29.0 Å². The molecule has 0 unspecified atom stereocenters. The molecule has 1 aromatic heterocycles. The molecule has 0 fully saturated rings. The molecule has 4 nitrogen and oxygen atoms in total. The molecule has 0 spiro atoms. The Kier molecular flexibility index (Phi) is 3.75. The highest BCUT2D eigenvalue weighted by atomic mass is 79.9. The van der Waals surface area contributed by atoms with E-state index in [1.807, 2.05) is 6.07 Å². The molecular formula is C11H5BrClFN4. The molecule has 0 aliphatic heterocycles. The van der Waals surface area contributed by atoms with Crippen molar-refractivity contribution in [2.24, 2.45) is 0 Å². The summed E-state index contributed by atoms with van der Waals surface area (Å²) in [6.07, 6.45) is 1.28. The van der Waals surface area contributed by atoms with E-state index in [-0.39, 0.29) is 10.7 Å². The molecule has 0 aliphatic carbocycles. The van der Waals surface area contributed by atoms with Gasteiger partial charge in [0.1, 0.15) is 29.2 Å². The fraction of sp³-hybridized carbons (Fsp3) is 0. The predicted octanol–water partition coefficient (Wildman–Crippen LogP) is 3.65. The fourth-order valence-corrected chi connectivity index (χ4v) is 1.72. The average molecular weight is 328 g/mol. The number of rotatable bonds is 2. The quantitative estimate of drug-likeness (QED) is 0.855. The maximum absolute atomic E-state index is 13.0. The number of aromatic nitrogens is 2. The van der Waals surface area contributed by atoms with Gasteiger partial charge in [-0.3, -0.25) is 0 Å². The minimum Gasteiger partial charge on any atom is -0.338 e. The lowest BCUT2D eigenvalue weighted by Crippen LogP contribution is -1.98. The summed E-state index contributed by atoms with van der Waals surface area (Å²) < 4.78 is 13.5. The minimum absolute atomic E-state index is 0.177. The van der Waals surface area contributed by atoms with Crippen molar-refractivity contribution in [3.8, 4) is 6.07 Å². The number of benzene rings is 1. The van der Waals surface area contributed by atoms with Crippen LogP contribution in [0.5, 0.6) is 0 Å². The second-order valence-electron chi connectivity index (χ2n) is 3.25. The maximum atomic E-state index is 13.0. The molecule has 0 aliphatic rings. The smallest absolute Gasteiger partial charge is 0.149 e. The van der Waals surface area contributed by atoms with Gasteiger partial charge in [0, 0.05) is 0 Å². The van der Waals surface area contributed by atoms with E-state index in [9.17, 15) is 4.39 Å². The summed E-state index contributed by atoms with van der Waals surface area (Å²) in [5.41, 5.74) is 0.617. The van der Waals surface area contributed by atoms with Crippen molar-refractivity contribution in [1.82, 2.24) is 9.97 Å². The summed E-state index contributed by atoms with van der Waals surface area (Å²) in [6, 6.07) is 5.74. The van der Waals surface area contributed by atoms with E-state index in [0.29, 0.717) is 16.0 Å². The van der Waals surface area contributed by atoms with E-state index in [0.717, 1.165) is 6.07 Å². The normalized spacial score (nSPS) is 9.89. The Bertz CT molecular complexity index is 641. The van der Waals surface area contributed by atoms with Crippen LogP contribution >= 0.6 is 27.5 Å². The third-order valence-electron chi connectivity index (χ3n) is 2.10. The maximum Gasteiger partial charge on any atom is 0.149 e. The van der Waals surface area contributed by atoms with Gasteiger partial charge in [0.2, 0.25) is 0 Å². The molecule has 2 aromatic rings. The first-order valence-corrected chi connectivity index (χ1v) is 5.91. The topological polar surface area (TPSA) is 61.6 Å². The Labute approximate surface area is 116 Å². The van der Waals surface area contributed by atoms with Gasteiger partial charge in [0.15, 0.2) is 0 Å². The van der Waals surface area contributed by atoms with Crippen molar-refractivity contribution < 1.29 is 4.39 Å². The standard InChI is InChI=1S/C11H5BrClFN4/c12-9-10(13)16-5-17-11(9)18-8-2-1-7(14)3-6(8)4-15/h1-3,5H,(H,16,17,18). The predicted molar refractivity (Wildman–Crippen MR) is 69.1 cm³/mol. The zero-order valence-electron chi connectivity index (χ0n) is 8.78. The molecule has 0 bridgehead atoms. The van der Waals surface area contributed by atoms with Crippen LogP contribution in [-0.4, -0.2) is 9.97 Å². The van der Waals surface area contributed by atoms with Gasteiger partial charge in [-0.15, -0.1) is 0 Å². The molecule has 0 saturated carbocycles. The zero-order valence-corrected chi connectivity index (χ0v) is 11.1. The number of hydrogen-bond donors (Lipinski definition) is 1. The summed E-state index contributed by atoms with van der Waals surface area (Å²) in [5.74, 6) is -0.0741. The van der Waals surface area contributed by atoms with Gasteiger partial charge >= 0.3 is 0 Å². The Balaban J connectivity index is 2.41.